The van der Waals surface area contributed by atoms with Gasteiger partial charge >= 0.3 is 0 Å². The van der Waals surface area contributed by atoms with E-state index in [9.17, 15) is 0 Å². The molecule has 4 nitrogen and oxygen atoms in total. The van der Waals surface area contributed by atoms with Crippen LogP contribution in [0.3, 0.4) is 0 Å². The van der Waals surface area contributed by atoms with Crippen molar-refractivity contribution in [1.82, 2.24) is 20.1 Å². The zero-order valence-corrected chi connectivity index (χ0v) is 11.3. The molecule has 0 aromatic carbocycles. The third-order valence-corrected chi connectivity index (χ3v) is 3.50. The second-order valence-electron chi connectivity index (χ2n) is 4.78. The van der Waals surface area contributed by atoms with Crippen LogP contribution in [0.25, 0.3) is 0 Å². The molecule has 0 spiro atoms. The third kappa shape index (κ3) is 4.37. The van der Waals surface area contributed by atoms with Gasteiger partial charge in [-0.25, -0.2) is 0 Å². The molecule has 1 fully saturated rings. The van der Waals surface area contributed by atoms with E-state index in [0.717, 1.165) is 52.4 Å². The van der Waals surface area contributed by atoms with Gasteiger partial charge in [0, 0.05) is 52.0 Å². The molecule has 0 saturated carbocycles. The number of aromatic nitrogens is 1. The minimum absolute atomic E-state index is 0.958. The van der Waals surface area contributed by atoms with Crippen molar-refractivity contribution in [1.29, 1.82) is 0 Å². The van der Waals surface area contributed by atoms with E-state index in [1.165, 1.54) is 5.69 Å². The predicted molar refractivity (Wildman–Crippen MR) is 74.5 cm³/mol. The third-order valence-electron chi connectivity index (χ3n) is 3.50. The number of nitrogens with one attached hydrogen (secondary N) is 1. The molecule has 0 aliphatic carbocycles. The van der Waals surface area contributed by atoms with Crippen LogP contribution >= 0.6 is 0 Å². The lowest BCUT2D eigenvalue weighted by Crippen LogP contribution is -2.35. The topological polar surface area (TPSA) is 31.4 Å². The summed E-state index contributed by atoms with van der Waals surface area (Å²) in [5, 5.41) is 3.50. The second-order valence-corrected chi connectivity index (χ2v) is 4.78. The first-order chi connectivity index (χ1) is 8.88. The van der Waals surface area contributed by atoms with Crippen molar-refractivity contribution in [3.05, 3.63) is 30.1 Å². The molecular weight excluding hydrogens is 224 g/mol. The van der Waals surface area contributed by atoms with Gasteiger partial charge in [-0.3, -0.25) is 9.88 Å². The fourth-order valence-corrected chi connectivity index (χ4v) is 2.30. The quantitative estimate of drug-likeness (QED) is 0.858. The summed E-state index contributed by atoms with van der Waals surface area (Å²) in [6.45, 7) is 11.1. The van der Waals surface area contributed by atoms with Gasteiger partial charge in [0.1, 0.15) is 0 Å². The number of pyridine rings is 1. The van der Waals surface area contributed by atoms with Gasteiger partial charge in [0.15, 0.2) is 0 Å². The molecule has 18 heavy (non-hydrogen) atoms. The van der Waals surface area contributed by atoms with Gasteiger partial charge in [0.25, 0.3) is 0 Å². The summed E-state index contributed by atoms with van der Waals surface area (Å²) in [4.78, 5) is 9.41. The van der Waals surface area contributed by atoms with Crippen molar-refractivity contribution in [2.24, 2.45) is 0 Å². The lowest BCUT2D eigenvalue weighted by molar-refractivity contribution is 0.218. The van der Waals surface area contributed by atoms with E-state index >= 15 is 0 Å². The number of rotatable bonds is 3. The van der Waals surface area contributed by atoms with Crippen molar-refractivity contribution in [2.75, 3.05) is 45.8 Å². The first-order valence-electron chi connectivity index (χ1n) is 6.94. The normalized spacial score (nSPS) is 20.1. The van der Waals surface area contributed by atoms with Gasteiger partial charge in [-0.15, -0.1) is 0 Å². The largest absolute Gasteiger partial charge is 0.314 e. The summed E-state index contributed by atoms with van der Waals surface area (Å²) in [5.74, 6) is 0. The van der Waals surface area contributed by atoms with E-state index < -0.39 is 0 Å². The maximum Gasteiger partial charge on any atom is 0.0543 e. The van der Waals surface area contributed by atoms with E-state index in [1.807, 2.05) is 12.3 Å². The molecule has 0 unspecified atom stereocenters. The Balaban J connectivity index is 1.89. The summed E-state index contributed by atoms with van der Waals surface area (Å²) < 4.78 is 0. The molecule has 0 atom stereocenters. The van der Waals surface area contributed by atoms with E-state index in [-0.39, 0.29) is 0 Å². The highest BCUT2D eigenvalue weighted by molar-refractivity contribution is 5.03. The predicted octanol–water partition coefficient (Wildman–Crippen LogP) is 0.809. The zero-order valence-electron chi connectivity index (χ0n) is 11.3. The maximum atomic E-state index is 4.41. The average Bonchev–Trinajstić information content (AvgIpc) is 2.52. The van der Waals surface area contributed by atoms with Crippen LogP contribution in [0.5, 0.6) is 0 Å². The molecule has 1 aliphatic heterocycles. The van der Waals surface area contributed by atoms with Crippen LogP contribution in [0.4, 0.5) is 0 Å². The first-order valence-corrected chi connectivity index (χ1v) is 6.94. The Kier molecular flexibility index (Phi) is 5.58. The molecule has 1 aromatic rings. The van der Waals surface area contributed by atoms with Crippen LogP contribution in [0.1, 0.15) is 12.6 Å². The molecule has 4 heteroatoms. The fourth-order valence-electron chi connectivity index (χ4n) is 2.30. The smallest absolute Gasteiger partial charge is 0.0543 e. The summed E-state index contributed by atoms with van der Waals surface area (Å²) in [6.07, 6.45) is 1.88. The Morgan fingerprint density at radius 3 is 2.61 bits per heavy atom. The van der Waals surface area contributed by atoms with Gasteiger partial charge in [-0.2, -0.15) is 0 Å². The Morgan fingerprint density at radius 2 is 1.89 bits per heavy atom. The molecule has 2 heterocycles. The van der Waals surface area contributed by atoms with Gasteiger partial charge in [-0.1, -0.05) is 13.0 Å². The Hall–Kier alpha value is -0.970. The molecular formula is C14H24N4. The van der Waals surface area contributed by atoms with Crippen LogP contribution in [-0.4, -0.2) is 60.6 Å². The zero-order chi connectivity index (χ0) is 12.6. The molecule has 2 rings (SSSR count). The molecule has 0 bridgehead atoms. The van der Waals surface area contributed by atoms with Crippen LogP contribution in [0.15, 0.2) is 24.4 Å². The molecule has 1 aromatic heterocycles. The Labute approximate surface area is 110 Å². The summed E-state index contributed by atoms with van der Waals surface area (Å²) in [5.41, 5.74) is 1.17. The van der Waals surface area contributed by atoms with Gasteiger partial charge < -0.3 is 10.2 Å². The van der Waals surface area contributed by atoms with Crippen molar-refractivity contribution in [3.63, 3.8) is 0 Å². The monoisotopic (exact) mass is 248 g/mol. The van der Waals surface area contributed by atoms with E-state index in [2.05, 4.69) is 39.2 Å². The fraction of sp³-hybridized carbons (Fsp3) is 0.643. The molecule has 0 radical (unpaired) electrons. The Morgan fingerprint density at radius 1 is 1.11 bits per heavy atom. The molecule has 100 valence electrons. The minimum atomic E-state index is 0.958. The lowest BCUT2D eigenvalue weighted by atomic mass is 10.3. The van der Waals surface area contributed by atoms with Crippen LogP contribution in [-0.2, 0) is 6.54 Å². The second kappa shape index (κ2) is 7.46. The highest BCUT2D eigenvalue weighted by Crippen LogP contribution is 2.02. The van der Waals surface area contributed by atoms with Crippen molar-refractivity contribution in [2.45, 2.75) is 13.5 Å². The number of likely N-dealkylation sites (N-methyl/N-ethyl adjacent to an activating group) is 1. The van der Waals surface area contributed by atoms with Gasteiger partial charge in [0.05, 0.1) is 5.69 Å². The van der Waals surface area contributed by atoms with E-state index in [0.29, 0.717) is 0 Å². The Bertz CT molecular complexity index is 328. The molecule has 0 amide bonds. The summed E-state index contributed by atoms with van der Waals surface area (Å²) in [7, 11) is 0. The van der Waals surface area contributed by atoms with E-state index in [4.69, 9.17) is 0 Å². The van der Waals surface area contributed by atoms with Crippen LogP contribution in [0.2, 0.25) is 0 Å². The molecule has 1 saturated heterocycles. The average molecular weight is 248 g/mol. The molecule has 1 aliphatic rings. The molecule has 1 N–H and O–H groups in total. The van der Waals surface area contributed by atoms with E-state index in [1.54, 1.807) is 0 Å². The van der Waals surface area contributed by atoms with Crippen molar-refractivity contribution < 1.29 is 0 Å². The SMILES string of the molecule is CCN1CCNCCN(Cc2ccccn2)CC1. The first kappa shape index (κ1) is 13.5. The van der Waals surface area contributed by atoms with Crippen molar-refractivity contribution >= 4 is 0 Å². The van der Waals surface area contributed by atoms with Crippen LogP contribution < -0.4 is 5.32 Å². The maximum absolute atomic E-state index is 4.41. The number of hydrogen-bond acceptors (Lipinski definition) is 4. The lowest BCUT2D eigenvalue weighted by Gasteiger charge is -2.24. The van der Waals surface area contributed by atoms with Gasteiger partial charge in [0.2, 0.25) is 0 Å². The summed E-state index contributed by atoms with van der Waals surface area (Å²) in [6, 6.07) is 6.15. The number of hydrogen-bond donors (Lipinski definition) is 1. The van der Waals surface area contributed by atoms with Crippen LogP contribution in [0, 0.1) is 0 Å². The summed E-state index contributed by atoms with van der Waals surface area (Å²) >= 11 is 0. The highest BCUT2D eigenvalue weighted by Gasteiger charge is 2.11. The highest BCUT2D eigenvalue weighted by atomic mass is 15.2. The number of nitrogens with zero attached hydrogens (tertiary/aromatic N) is 3. The minimum Gasteiger partial charge on any atom is -0.314 e. The van der Waals surface area contributed by atoms with Gasteiger partial charge in [-0.05, 0) is 18.7 Å². The van der Waals surface area contributed by atoms with Crippen molar-refractivity contribution in [3.8, 4) is 0 Å². The standard InChI is InChI=1S/C14H24N4/c1-2-17-9-7-15-8-10-18(12-11-17)13-14-5-3-4-6-16-14/h3-6,15H,2,7-13H2,1H3.